The standard InChI is InChI=1S/C12H12ClNO/c13-10-6-2-1-5-9(10)12(14)8-4-3-7-11(12)15/h1-3,5-7H,4,8,14H2/i7D. The molecule has 1 unspecified atom stereocenters. The van der Waals surface area contributed by atoms with Crippen molar-refractivity contribution in [3.05, 3.63) is 47.0 Å². The molecule has 0 spiro atoms. The van der Waals surface area contributed by atoms with Crippen LogP contribution in [0.2, 0.25) is 5.02 Å². The lowest BCUT2D eigenvalue weighted by Gasteiger charge is -2.30. The minimum Gasteiger partial charge on any atom is -0.315 e. The maximum Gasteiger partial charge on any atom is 0.179 e. The lowest BCUT2D eigenvalue weighted by atomic mass is 9.79. The maximum absolute atomic E-state index is 12.0. The molecule has 15 heavy (non-hydrogen) atoms. The van der Waals surface area contributed by atoms with E-state index >= 15 is 0 Å². The van der Waals surface area contributed by atoms with Gasteiger partial charge in [-0.25, -0.2) is 0 Å². The third-order valence-corrected chi connectivity index (χ3v) is 3.01. The van der Waals surface area contributed by atoms with Gasteiger partial charge in [-0.1, -0.05) is 35.9 Å². The van der Waals surface area contributed by atoms with E-state index in [1.54, 1.807) is 30.3 Å². The lowest BCUT2D eigenvalue weighted by molar-refractivity contribution is -0.120. The van der Waals surface area contributed by atoms with Crippen molar-refractivity contribution in [3.8, 4) is 0 Å². The van der Waals surface area contributed by atoms with Crippen molar-refractivity contribution in [1.29, 1.82) is 0 Å². The highest BCUT2D eigenvalue weighted by Gasteiger charge is 2.36. The molecule has 0 bridgehead atoms. The van der Waals surface area contributed by atoms with Gasteiger partial charge in [0.1, 0.15) is 5.54 Å². The third-order valence-electron chi connectivity index (χ3n) is 2.68. The van der Waals surface area contributed by atoms with Gasteiger partial charge < -0.3 is 5.73 Å². The first-order valence-corrected chi connectivity index (χ1v) is 5.19. The molecule has 0 saturated carbocycles. The summed E-state index contributed by atoms with van der Waals surface area (Å²) in [6, 6.07) is 7.03. The Kier molecular flexibility index (Phi) is 2.31. The fraction of sp³-hybridized carbons (Fsp3) is 0.250. The van der Waals surface area contributed by atoms with Crippen molar-refractivity contribution >= 4 is 17.4 Å². The van der Waals surface area contributed by atoms with E-state index in [0.717, 1.165) is 0 Å². The Morgan fingerprint density at radius 2 is 2.20 bits per heavy atom. The normalized spacial score (nSPS) is 27.2. The fourth-order valence-corrected chi connectivity index (χ4v) is 2.09. The zero-order valence-electron chi connectivity index (χ0n) is 9.16. The van der Waals surface area contributed by atoms with Crippen molar-refractivity contribution in [2.75, 3.05) is 0 Å². The van der Waals surface area contributed by atoms with Gasteiger partial charge in [0, 0.05) is 5.02 Å². The number of hydrogen-bond acceptors (Lipinski definition) is 2. The van der Waals surface area contributed by atoms with Crippen molar-refractivity contribution in [2.24, 2.45) is 5.73 Å². The van der Waals surface area contributed by atoms with Gasteiger partial charge in [-0.15, -0.1) is 0 Å². The summed E-state index contributed by atoms with van der Waals surface area (Å²) in [6.45, 7) is 0. The molecule has 1 aromatic carbocycles. The van der Waals surface area contributed by atoms with Crippen LogP contribution in [0.4, 0.5) is 0 Å². The van der Waals surface area contributed by atoms with Gasteiger partial charge in [-0.05, 0) is 30.5 Å². The predicted molar refractivity (Wildman–Crippen MR) is 60.7 cm³/mol. The summed E-state index contributed by atoms with van der Waals surface area (Å²) in [5.41, 5.74) is 5.60. The molecular formula is C12H12ClNO. The highest BCUT2D eigenvalue weighted by molar-refractivity contribution is 6.31. The summed E-state index contributed by atoms with van der Waals surface area (Å²) in [5.74, 6) is -0.355. The smallest absolute Gasteiger partial charge is 0.179 e. The number of rotatable bonds is 1. The van der Waals surface area contributed by atoms with E-state index in [2.05, 4.69) is 0 Å². The average Bonchev–Trinajstić information content (AvgIpc) is 2.26. The summed E-state index contributed by atoms with van der Waals surface area (Å²) >= 11 is 6.05. The van der Waals surface area contributed by atoms with E-state index < -0.39 is 5.54 Å². The second-order valence-corrected chi connectivity index (χ2v) is 4.07. The molecule has 0 fully saturated rings. The molecular weight excluding hydrogens is 210 g/mol. The molecule has 78 valence electrons. The fourth-order valence-electron chi connectivity index (χ4n) is 1.79. The van der Waals surface area contributed by atoms with Crippen LogP contribution in [-0.2, 0) is 10.3 Å². The molecule has 2 nitrogen and oxygen atoms in total. The van der Waals surface area contributed by atoms with E-state index in [-0.39, 0.29) is 11.8 Å². The molecule has 0 aromatic heterocycles. The Bertz CT molecular complexity index is 472. The number of allylic oxidation sites excluding steroid dienone is 1. The van der Waals surface area contributed by atoms with Crippen LogP contribution in [0, 0.1) is 0 Å². The highest BCUT2D eigenvalue weighted by Crippen LogP contribution is 2.33. The predicted octanol–water partition coefficient (Wildman–Crippen LogP) is 2.41. The van der Waals surface area contributed by atoms with Crippen LogP contribution in [0.25, 0.3) is 0 Å². The number of ketones is 1. The molecule has 0 amide bonds. The van der Waals surface area contributed by atoms with Crippen molar-refractivity contribution in [3.63, 3.8) is 0 Å². The van der Waals surface area contributed by atoms with Crippen LogP contribution >= 0.6 is 11.6 Å². The summed E-state index contributed by atoms with van der Waals surface area (Å²) < 4.78 is 7.54. The highest BCUT2D eigenvalue weighted by atomic mass is 35.5. The van der Waals surface area contributed by atoms with E-state index in [9.17, 15) is 4.79 Å². The van der Waals surface area contributed by atoms with E-state index in [1.807, 2.05) is 0 Å². The van der Waals surface area contributed by atoms with Gasteiger partial charge in [0.2, 0.25) is 0 Å². The molecule has 0 heterocycles. The van der Waals surface area contributed by atoms with E-state index in [0.29, 0.717) is 23.4 Å². The Labute approximate surface area is 95.1 Å². The largest absolute Gasteiger partial charge is 0.315 e. The second-order valence-electron chi connectivity index (χ2n) is 3.67. The molecule has 1 aliphatic carbocycles. The van der Waals surface area contributed by atoms with Gasteiger partial charge in [-0.2, -0.15) is 0 Å². The second kappa shape index (κ2) is 3.80. The van der Waals surface area contributed by atoms with Crippen LogP contribution in [0.3, 0.4) is 0 Å². The minimum atomic E-state index is -1.13. The molecule has 0 saturated heterocycles. The Balaban J connectivity index is 2.51. The SMILES string of the molecule is [2H]C1=CCCC(N)(c2ccccc2Cl)C1=O. The molecule has 1 aliphatic rings. The van der Waals surface area contributed by atoms with Crippen LogP contribution in [0.15, 0.2) is 36.4 Å². The Morgan fingerprint density at radius 3 is 2.93 bits per heavy atom. The summed E-state index contributed by atoms with van der Waals surface area (Å²) in [7, 11) is 0. The van der Waals surface area contributed by atoms with Gasteiger partial charge in [0.05, 0.1) is 1.37 Å². The first kappa shape index (κ1) is 9.13. The van der Waals surface area contributed by atoms with Crippen LogP contribution in [0.5, 0.6) is 0 Å². The maximum atomic E-state index is 12.0. The molecule has 1 atom stereocenters. The quantitative estimate of drug-likeness (QED) is 0.793. The molecule has 2 N–H and O–H groups in total. The zero-order valence-corrected chi connectivity index (χ0v) is 8.92. The molecule has 1 aromatic rings. The number of halogens is 1. The number of benzene rings is 1. The zero-order chi connectivity index (χ0) is 11.8. The van der Waals surface area contributed by atoms with Crippen LogP contribution in [-0.4, -0.2) is 5.78 Å². The number of nitrogens with two attached hydrogens (primary N) is 1. The van der Waals surface area contributed by atoms with Gasteiger partial charge in [-0.3, -0.25) is 4.79 Å². The average molecular weight is 223 g/mol. The number of carbonyl (C=O) groups is 1. The van der Waals surface area contributed by atoms with E-state index in [1.165, 1.54) is 0 Å². The molecule has 2 rings (SSSR count). The minimum absolute atomic E-state index is 0.0198. The van der Waals surface area contributed by atoms with Gasteiger partial charge >= 0.3 is 0 Å². The first-order valence-electron chi connectivity index (χ1n) is 5.31. The van der Waals surface area contributed by atoms with Gasteiger partial charge in [0.15, 0.2) is 5.78 Å². The third kappa shape index (κ3) is 1.71. The van der Waals surface area contributed by atoms with Gasteiger partial charge in [0.25, 0.3) is 0 Å². The molecule has 0 aliphatic heterocycles. The summed E-state index contributed by atoms with van der Waals surface area (Å²) in [6.07, 6.45) is 2.73. The lowest BCUT2D eigenvalue weighted by Crippen LogP contribution is -2.45. The monoisotopic (exact) mass is 222 g/mol. The van der Waals surface area contributed by atoms with Crippen LogP contribution < -0.4 is 5.73 Å². The molecule has 3 heteroatoms. The van der Waals surface area contributed by atoms with Crippen molar-refractivity contribution < 1.29 is 6.17 Å². The van der Waals surface area contributed by atoms with Crippen LogP contribution in [0.1, 0.15) is 19.8 Å². The van der Waals surface area contributed by atoms with Crippen molar-refractivity contribution in [1.82, 2.24) is 0 Å². The van der Waals surface area contributed by atoms with Crippen molar-refractivity contribution in [2.45, 2.75) is 18.4 Å². The van der Waals surface area contributed by atoms with E-state index in [4.69, 9.17) is 18.7 Å². The molecule has 0 radical (unpaired) electrons. The number of carbonyl (C=O) groups excluding carboxylic acids is 1. The first-order chi connectivity index (χ1) is 7.55. The Hall–Kier alpha value is -1.12. The summed E-state index contributed by atoms with van der Waals surface area (Å²) in [4.78, 5) is 12.0. The summed E-state index contributed by atoms with van der Waals surface area (Å²) in [5, 5.41) is 0.480. The topological polar surface area (TPSA) is 43.1 Å². The Morgan fingerprint density at radius 1 is 1.47 bits per heavy atom. The number of hydrogen-bond donors (Lipinski definition) is 1.